The zero-order valence-electron chi connectivity index (χ0n) is 10.7. The van der Waals surface area contributed by atoms with Crippen molar-refractivity contribution in [2.45, 2.75) is 32.2 Å². The lowest BCUT2D eigenvalue weighted by Crippen LogP contribution is -2.48. The molecule has 16 heavy (non-hydrogen) atoms. The van der Waals surface area contributed by atoms with Crippen molar-refractivity contribution >= 4 is 0 Å². The van der Waals surface area contributed by atoms with Gasteiger partial charge in [-0.25, -0.2) is 0 Å². The quantitative estimate of drug-likeness (QED) is 0.786. The SMILES string of the molecule is CNC1CCOCC1CN1CCCC(C)C1. The minimum Gasteiger partial charge on any atom is -0.381 e. The van der Waals surface area contributed by atoms with Gasteiger partial charge in [-0.3, -0.25) is 0 Å². The number of hydrogen-bond acceptors (Lipinski definition) is 3. The number of rotatable bonds is 3. The molecule has 2 fully saturated rings. The second kappa shape index (κ2) is 5.99. The summed E-state index contributed by atoms with van der Waals surface area (Å²) in [7, 11) is 2.09. The second-order valence-corrected chi connectivity index (χ2v) is 5.53. The number of piperidine rings is 1. The summed E-state index contributed by atoms with van der Waals surface area (Å²) in [5.41, 5.74) is 0. The molecule has 0 saturated carbocycles. The number of likely N-dealkylation sites (tertiary alicyclic amines) is 1. The molecule has 94 valence electrons. The van der Waals surface area contributed by atoms with E-state index in [2.05, 4.69) is 24.2 Å². The lowest BCUT2D eigenvalue weighted by molar-refractivity contribution is 0.0128. The highest BCUT2D eigenvalue weighted by molar-refractivity contribution is 4.82. The molecule has 0 aliphatic carbocycles. The predicted molar refractivity (Wildman–Crippen MR) is 66.6 cm³/mol. The van der Waals surface area contributed by atoms with Gasteiger partial charge in [0.2, 0.25) is 0 Å². The van der Waals surface area contributed by atoms with Crippen LogP contribution in [0.25, 0.3) is 0 Å². The Labute approximate surface area is 99.5 Å². The van der Waals surface area contributed by atoms with Crippen molar-refractivity contribution in [3.63, 3.8) is 0 Å². The van der Waals surface area contributed by atoms with Crippen LogP contribution in [0.15, 0.2) is 0 Å². The molecule has 2 heterocycles. The van der Waals surface area contributed by atoms with Crippen LogP contribution in [0.5, 0.6) is 0 Å². The number of nitrogens with zero attached hydrogens (tertiary/aromatic N) is 1. The third-order valence-corrected chi connectivity index (χ3v) is 4.08. The van der Waals surface area contributed by atoms with Gasteiger partial charge in [-0.2, -0.15) is 0 Å². The molecular weight excluding hydrogens is 200 g/mol. The molecule has 0 spiro atoms. The van der Waals surface area contributed by atoms with Crippen LogP contribution in [-0.2, 0) is 4.74 Å². The Morgan fingerprint density at radius 1 is 1.38 bits per heavy atom. The molecule has 0 radical (unpaired) electrons. The number of nitrogens with one attached hydrogen (secondary N) is 1. The van der Waals surface area contributed by atoms with Crippen molar-refractivity contribution in [1.29, 1.82) is 0 Å². The van der Waals surface area contributed by atoms with E-state index in [0.717, 1.165) is 19.1 Å². The van der Waals surface area contributed by atoms with E-state index in [1.807, 2.05) is 0 Å². The second-order valence-electron chi connectivity index (χ2n) is 5.53. The first-order chi connectivity index (χ1) is 7.79. The molecule has 0 aromatic rings. The van der Waals surface area contributed by atoms with Gasteiger partial charge in [-0.05, 0) is 38.8 Å². The van der Waals surface area contributed by atoms with Crippen molar-refractivity contribution in [1.82, 2.24) is 10.2 Å². The maximum Gasteiger partial charge on any atom is 0.0521 e. The summed E-state index contributed by atoms with van der Waals surface area (Å²) < 4.78 is 5.62. The maximum atomic E-state index is 5.62. The Balaban J connectivity index is 1.82. The Kier molecular flexibility index (Phi) is 4.62. The van der Waals surface area contributed by atoms with E-state index in [4.69, 9.17) is 4.74 Å². The summed E-state index contributed by atoms with van der Waals surface area (Å²) >= 11 is 0. The average Bonchev–Trinajstić information content (AvgIpc) is 2.30. The summed E-state index contributed by atoms with van der Waals surface area (Å²) in [6, 6.07) is 0.658. The lowest BCUT2D eigenvalue weighted by Gasteiger charge is -2.38. The van der Waals surface area contributed by atoms with Crippen LogP contribution in [0.2, 0.25) is 0 Å². The molecule has 0 amide bonds. The third-order valence-electron chi connectivity index (χ3n) is 4.08. The van der Waals surface area contributed by atoms with Gasteiger partial charge in [-0.15, -0.1) is 0 Å². The van der Waals surface area contributed by atoms with Gasteiger partial charge < -0.3 is 15.0 Å². The smallest absolute Gasteiger partial charge is 0.0521 e. The molecule has 3 atom stereocenters. The molecule has 3 heteroatoms. The van der Waals surface area contributed by atoms with Gasteiger partial charge in [0, 0.05) is 31.7 Å². The highest BCUT2D eigenvalue weighted by Gasteiger charge is 2.27. The molecule has 2 saturated heterocycles. The highest BCUT2D eigenvalue weighted by Crippen LogP contribution is 2.20. The van der Waals surface area contributed by atoms with Gasteiger partial charge in [0.1, 0.15) is 0 Å². The zero-order valence-corrected chi connectivity index (χ0v) is 10.7. The Morgan fingerprint density at radius 2 is 2.25 bits per heavy atom. The molecule has 2 aliphatic heterocycles. The fourth-order valence-electron chi connectivity index (χ4n) is 3.14. The molecule has 2 rings (SSSR count). The van der Waals surface area contributed by atoms with E-state index < -0.39 is 0 Å². The van der Waals surface area contributed by atoms with Crippen LogP contribution in [0.3, 0.4) is 0 Å². The summed E-state index contributed by atoms with van der Waals surface area (Å²) in [5.74, 6) is 1.57. The van der Waals surface area contributed by atoms with Crippen molar-refractivity contribution in [2.24, 2.45) is 11.8 Å². The molecule has 0 bridgehead atoms. The van der Waals surface area contributed by atoms with Crippen molar-refractivity contribution in [3.05, 3.63) is 0 Å². The van der Waals surface area contributed by atoms with Crippen molar-refractivity contribution in [3.8, 4) is 0 Å². The number of hydrogen-bond donors (Lipinski definition) is 1. The monoisotopic (exact) mass is 226 g/mol. The Hall–Kier alpha value is -0.120. The molecule has 3 nitrogen and oxygen atoms in total. The van der Waals surface area contributed by atoms with E-state index in [-0.39, 0.29) is 0 Å². The number of ether oxygens (including phenoxy) is 1. The van der Waals surface area contributed by atoms with Crippen molar-refractivity contribution in [2.75, 3.05) is 39.9 Å². The molecule has 2 aliphatic rings. The van der Waals surface area contributed by atoms with Crippen LogP contribution >= 0.6 is 0 Å². The molecule has 0 aromatic heterocycles. The summed E-state index contributed by atoms with van der Waals surface area (Å²) in [4.78, 5) is 2.64. The van der Waals surface area contributed by atoms with Crippen LogP contribution < -0.4 is 5.32 Å². The van der Waals surface area contributed by atoms with Crippen LogP contribution in [0.1, 0.15) is 26.2 Å². The van der Waals surface area contributed by atoms with E-state index in [1.165, 1.54) is 38.9 Å². The zero-order chi connectivity index (χ0) is 11.4. The maximum absolute atomic E-state index is 5.62. The summed E-state index contributed by atoms with van der Waals surface area (Å²) in [5, 5.41) is 3.45. The first-order valence-electron chi connectivity index (χ1n) is 6.77. The standard InChI is InChI=1S/C13H26N2O/c1-11-4-3-6-15(8-11)9-12-10-16-7-5-13(12)14-2/h11-14H,3-10H2,1-2H3. The fraction of sp³-hybridized carbons (Fsp3) is 1.00. The van der Waals surface area contributed by atoms with Crippen LogP contribution in [-0.4, -0.2) is 50.8 Å². The third kappa shape index (κ3) is 3.19. The Bertz CT molecular complexity index is 210. The fourth-order valence-corrected chi connectivity index (χ4v) is 3.14. The van der Waals surface area contributed by atoms with E-state index in [0.29, 0.717) is 12.0 Å². The van der Waals surface area contributed by atoms with Gasteiger partial charge in [0.05, 0.1) is 6.61 Å². The van der Waals surface area contributed by atoms with Gasteiger partial charge in [0.15, 0.2) is 0 Å². The first-order valence-corrected chi connectivity index (χ1v) is 6.77. The molecule has 3 unspecified atom stereocenters. The molecule has 0 aromatic carbocycles. The predicted octanol–water partition coefficient (Wildman–Crippen LogP) is 1.34. The van der Waals surface area contributed by atoms with Gasteiger partial charge >= 0.3 is 0 Å². The topological polar surface area (TPSA) is 24.5 Å². The highest BCUT2D eigenvalue weighted by atomic mass is 16.5. The van der Waals surface area contributed by atoms with E-state index >= 15 is 0 Å². The minimum atomic E-state index is 0.658. The van der Waals surface area contributed by atoms with E-state index in [9.17, 15) is 0 Å². The first kappa shape index (κ1) is 12.3. The summed E-state index contributed by atoms with van der Waals surface area (Å²) in [6.45, 7) is 8.04. The summed E-state index contributed by atoms with van der Waals surface area (Å²) in [6.07, 6.45) is 3.96. The van der Waals surface area contributed by atoms with Gasteiger partial charge in [-0.1, -0.05) is 6.92 Å². The minimum absolute atomic E-state index is 0.658. The average molecular weight is 226 g/mol. The molecular formula is C13H26N2O. The largest absolute Gasteiger partial charge is 0.381 e. The molecule has 1 N–H and O–H groups in total. The van der Waals surface area contributed by atoms with Gasteiger partial charge in [0.25, 0.3) is 0 Å². The Morgan fingerprint density at radius 3 is 3.00 bits per heavy atom. The lowest BCUT2D eigenvalue weighted by atomic mass is 9.93. The van der Waals surface area contributed by atoms with Crippen molar-refractivity contribution < 1.29 is 4.74 Å². The van der Waals surface area contributed by atoms with Crippen LogP contribution in [0, 0.1) is 11.8 Å². The normalized spacial score (nSPS) is 37.5. The van der Waals surface area contributed by atoms with Crippen LogP contribution in [0.4, 0.5) is 0 Å². The van der Waals surface area contributed by atoms with E-state index in [1.54, 1.807) is 0 Å².